The highest BCUT2D eigenvalue weighted by Gasteiger charge is 2.39. The number of nitrogens with zero attached hydrogens (tertiary/aromatic N) is 4. The van der Waals surface area contributed by atoms with Crippen LogP contribution in [0.25, 0.3) is 6.08 Å². The van der Waals surface area contributed by atoms with E-state index in [1.165, 1.54) is 24.3 Å². The van der Waals surface area contributed by atoms with E-state index in [1.807, 2.05) is 26.8 Å². The highest BCUT2D eigenvalue weighted by atomic mass is 19.4. The molecule has 8 nitrogen and oxygen atoms in total. The van der Waals surface area contributed by atoms with Crippen molar-refractivity contribution in [2.24, 2.45) is 16.3 Å². The van der Waals surface area contributed by atoms with Gasteiger partial charge in [0.2, 0.25) is 11.7 Å². The maximum absolute atomic E-state index is 13.6. The number of amidine groups is 1. The van der Waals surface area contributed by atoms with Crippen molar-refractivity contribution in [2.75, 3.05) is 6.54 Å². The number of aliphatic imine (C=N–C) groups is 1. The minimum Gasteiger partial charge on any atom is -0.449 e. The van der Waals surface area contributed by atoms with E-state index >= 15 is 0 Å². The van der Waals surface area contributed by atoms with E-state index in [0.717, 1.165) is 10.9 Å². The van der Waals surface area contributed by atoms with Gasteiger partial charge in [-0.25, -0.2) is 4.98 Å². The lowest BCUT2D eigenvalue weighted by molar-refractivity contribution is -0.142. The number of carbonyl (C=O) groups excluding carboxylic acids is 1. The van der Waals surface area contributed by atoms with Gasteiger partial charge < -0.3 is 10.1 Å². The number of hydrogen-bond donors (Lipinski definition) is 1. The van der Waals surface area contributed by atoms with Crippen LogP contribution in [0.1, 0.15) is 37.6 Å². The van der Waals surface area contributed by atoms with Crippen molar-refractivity contribution in [2.45, 2.75) is 33.5 Å². The molecule has 178 valence electrons. The fraction of sp³-hybridized carbons (Fsp3) is 0.348. The van der Waals surface area contributed by atoms with Gasteiger partial charge >= 0.3 is 6.18 Å². The summed E-state index contributed by atoms with van der Waals surface area (Å²) in [4.78, 5) is 33.3. The molecule has 2 heterocycles. The van der Waals surface area contributed by atoms with Gasteiger partial charge in [0.15, 0.2) is 5.69 Å². The largest absolute Gasteiger partial charge is 0.449 e. The highest BCUT2D eigenvalue weighted by molar-refractivity contribution is 6.03. The zero-order valence-electron chi connectivity index (χ0n) is 18.7. The second kappa shape index (κ2) is 9.13. The number of rotatable bonds is 5. The molecule has 1 unspecified atom stereocenters. The van der Waals surface area contributed by atoms with Gasteiger partial charge in [0, 0.05) is 12.0 Å². The zero-order valence-corrected chi connectivity index (χ0v) is 18.7. The minimum absolute atomic E-state index is 0.0645. The average molecular weight is 473 g/mol. The number of amides is 1. The van der Waals surface area contributed by atoms with Crippen molar-refractivity contribution < 1.29 is 22.7 Å². The van der Waals surface area contributed by atoms with E-state index in [9.17, 15) is 22.8 Å². The maximum atomic E-state index is 13.6. The topological polar surface area (TPSA) is 109 Å². The number of ether oxygens (including phenoxy) is 1. The standard InChI is InChI=1S/C23H22F3N5O3/c1-5-13-6-14(9-27)8-16(7-13)34-17-18(23(24,25)26)29-12-31(20(17)33)11-15-10-28-21(22(2,3)4)30-19(15)32/h5-8,12,15H,1,10-11H2,2-4H3,(H,28,30,32). The Balaban J connectivity index is 2.00. The smallest absolute Gasteiger partial charge is 0.437 e. The van der Waals surface area contributed by atoms with Gasteiger partial charge in [-0.2, -0.15) is 18.4 Å². The summed E-state index contributed by atoms with van der Waals surface area (Å²) in [7, 11) is 0. The third-order valence-corrected chi connectivity index (χ3v) is 4.99. The van der Waals surface area contributed by atoms with Gasteiger partial charge in [-0.15, -0.1) is 0 Å². The quantitative estimate of drug-likeness (QED) is 0.711. The molecule has 0 spiro atoms. The molecular formula is C23H22F3N5O3. The van der Waals surface area contributed by atoms with Gasteiger partial charge in [-0.05, 0) is 23.8 Å². The second-order valence-electron chi connectivity index (χ2n) is 8.71. The van der Waals surface area contributed by atoms with Gasteiger partial charge in [0.05, 0.1) is 30.4 Å². The van der Waals surface area contributed by atoms with Crippen LogP contribution in [0.3, 0.4) is 0 Å². The Bertz CT molecular complexity index is 1270. The first-order chi connectivity index (χ1) is 15.8. The lowest BCUT2D eigenvalue weighted by atomic mass is 9.93. The normalized spacial score (nSPS) is 16.3. The van der Waals surface area contributed by atoms with Crippen LogP contribution in [0.5, 0.6) is 11.5 Å². The molecule has 1 atom stereocenters. The summed E-state index contributed by atoms with van der Waals surface area (Å²) >= 11 is 0. The van der Waals surface area contributed by atoms with Crippen molar-refractivity contribution in [3.63, 3.8) is 0 Å². The lowest BCUT2D eigenvalue weighted by Crippen LogP contribution is -2.48. The summed E-state index contributed by atoms with van der Waals surface area (Å²) in [5, 5.41) is 11.8. The Kier molecular flexibility index (Phi) is 6.63. The lowest BCUT2D eigenvalue weighted by Gasteiger charge is -2.28. The number of nitriles is 1. The Labute approximate surface area is 193 Å². The maximum Gasteiger partial charge on any atom is 0.437 e. The van der Waals surface area contributed by atoms with Gasteiger partial charge in [-0.3, -0.25) is 19.1 Å². The monoisotopic (exact) mass is 473 g/mol. The van der Waals surface area contributed by atoms with Crippen LogP contribution in [-0.4, -0.2) is 27.8 Å². The molecular weight excluding hydrogens is 451 g/mol. The molecule has 0 fully saturated rings. The Hall–Kier alpha value is -3.94. The highest BCUT2D eigenvalue weighted by Crippen LogP contribution is 2.35. The molecule has 0 aliphatic carbocycles. The molecule has 1 aliphatic heterocycles. The number of halogens is 3. The predicted molar refractivity (Wildman–Crippen MR) is 118 cm³/mol. The molecule has 11 heteroatoms. The molecule has 1 N–H and O–H groups in total. The molecule has 1 aromatic carbocycles. The molecule has 1 aromatic heterocycles. The third kappa shape index (κ3) is 5.33. The molecule has 1 amide bonds. The summed E-state index contributed by atoms with van der Waals surface area (Å²) in [6.45, 7) is 9.00. The van der Waals surface area contributed by atoms with Gasteiger partial charge in [0.1, 0.15) is 11.6 Å². The number of aromatic nitrogens is 2. The number of alkyl halides is 3. The molecule has 34 heavy (non-hydrogen) atoms. The van der Waals surface area contributed by atoms with Crippen molar-refractivity contribution >= 4 is 17.8 Å². The van der Waals surface area contributed by atoms with Crippen LogP contribution < -0.4 is 15.6 Å². The summed E-state index contributed by atoms with van der Waals surface area (Å²) in [5.74, 6) is -1.91. The number of benzene rings is 1. The number of nitrogens with one attached hydrogen (secondary N) is 1. The van der Waals surface area contributed by atoms with E-state index in [1.54, 1.807) is 0 Å². The van der Waals surface area contributed by atoms with Crippen LogP contribution in [0.4, 0.5) is 13.2 Å². The second-order valence-corrected chi connectivity index (χ2v) is 8.71. The van der Waals surface area contributed by atoms with E-state index in [2.05, 4.69) is 21.9 Å². The fourth-order valence-electron chi connectivity index (χ4n) is 3.22. The summed E-state index contributed by atoms with van der Waals surface area (Å²) in [6, 6.07) is 5.86. The molecule has 2 aromatic rings. The number of hydrogen-bond acceptors (Lipinski definition) is 6. The van der Waals surface area contributed by atoms with Crippen LogP contribution >= 0.6 is 0 Å². The molecule has 0 saturated carbocycles. The van der Waals surface area contributed by atoms with E-state index in [-0.39, 0.29) is 24.4 Å². The number of carbonyl (C=O) groups is 1. The zero-order chi connectivity index (χ0) is 25.3. The van der Waals surface area contributed by atoms with Crippen LogP contribution in [0.2, 0.25) is 0 Å². The first-order valence-corrected chi connectivity index (χ1v) is 10.2. The molecule has 0 saturated heterocycles. The van der Waals surface area contributed by atoms with E-state index < -0.39 is 40.4 Å². The first-order valence-electron chi connectivity index (χ1n) is 10.2. The molecule has 0 bridgehead atoms. The summed E-state index contributed by atoms with van der Waals surface area (Å²) in [5.41, 5.74) is -2.51. The third-order valence-electron chi connectivity index (χ3n) is 4.99. The first kappa shape index (κ1) is 24.7. The van der Waals surface area contributed by atoms with Crippen molar-refractivity contribution in [3.05, 3.63) is 58.3 Å². The van der Waals surface area contributed by atoms with Crippen molar-refractivity contribution in [3.8, 4) is 17.6 Å². The van der Waals surface area contributed by atoms with Crippen LogP contribution in [0.15, 0.2) is 40.9 Å². The van der Waals surface area contributed by atoms with Crippen molar-refractivity contribution in [1.29, 1.82) is 5.26 Å². The molecule has 0 radical (unpaired) electrons. The molecule has 3 rings (SSSR count). The van der Waals surface area contributed by atoms with E-state index in [0.29, 0.717) is 11.4 Å². The van der Waals surface area contributed by atoms with Gasteiger partial charge in [0.25, 0.3) is 5.56 Å². The average Bonchev–Trinajstić information content (AvgIpc) is 2.75. The fourth-order valence-corrected chi connectivity index (χ4v) is 3.22. The van der Waals surface area contributed by atoms with Gasteiger partial charge in [-0.1, -0.05) is 33.4 Å². The molecule has 1 aliphatic rings. The van der Waals surface area contributed by atoms with Crippen LogP contribution in [-0.2, 0) is 17.5 Å². The SMILES string of the molecule is C=Cc1cc(C#N)cc(Oc2c(C(F)(F)F)ncn(CC3CN=C(C(C)(C)C)NC3=O)c2=O)c1. The Morgan fingerprint density at radius 1 is 1.29 bits per heavy atom. The summed E-state index contributed by atoms with van der Waals surface area (Å²) < 4.78 is 47.0. The summed E-state index contributed by atoms with van der Waals surface area (Å²) in [6.07, 6.45) is -2.86. The minimum atomic E-state index is -4.98. The van der Waals surface area contributed by atoms with Crippen molar-refractivity contribution in [1.82, 2.24) is 14.9 Å². The Morgan fingerprint density at radius 2 is 2.00 bits per heavy atom. The van der Waals surface area contributed by atoms with E-state index in [4.69, 9.17) is 10.00 Å². The Morgan fingerprint density at radius 3 is 2.56 bits per heavy atom. The van der Waals surface area contributed by atoms with Crippen LogP contribution in [0, 0.1) is 22.7 Å². The predicted octanol–water partition coefficient (Wildman–Crippen LogP) is 3.76.